The minimum absolute atomic E-state index is 0.274. The highest BCUT2D eigenvalue weighted by atomic mass is 32.2. The molecule has 2 unspecified atom stereocenters. The third-order valence-corrected chi connectivity index (χ3v) is 3.35. The van der Waals surface area contributed by atoms with Gasteiger partial charge in [0.15, 0.2) is 0 Å². The molecule has 0 spiro atoms. The Morgan fingerprint density at radius 1 is 1.77 bits per heavy atom. The van der Waals surface area contributed by atoms with Crippen molar-refractivity contribution in [1.29, 1.82) is 0 Å². The van der Waals surface area contributed by atoms with Gasteiger partial charge in [-0.1, -0.05) is 0 Å². The summed E-state index contributed by atoms with van der Waals surface area (Å²) in [5, 5.41) is 12.1. The molecule has 76 valence electrons. The van der Waals surface area contributed by atoms with Gasteiger partial charge in [-0.2, -0.15) is 11.8 Å². The first-order chi connectivity index (χ1) is 6.20. The van der Waals surface area contributed by atoms with Crippen LogP contribution in [-0.2, 0) is 4.79 Å². The molecule has 0 bridgehead atoms. The van der Waals surface area contributed by atoms with Crippen LogP contribution in [0.25, 0.3) is 0 Å². The van der Waals surface area contributed by atoms with Gasteiger partial charge in [0.2, 0.25) is 5.91 Å². The Hall–Kier alpha value is -0.260. The van der Waals surface area contributed by atoms with Crippen LogP contribution in [0.2, 0.25) is 0 Å². The number of rotatable bonds is 5. The first kappa shape index (κ1) is 10.8. The zero-order chi connectivity index (χ0) is 9.68. The predicted molar refractivity (Wildman–Crippen MR) is 53.5 cm³/mol. The summed E-state index contributed by atoms with van der Waals surface area (Å²) in [6.07, 6.45) is 0.179. The van der Waals surface area contributed by atoms with Gasteiger partial charge in [0.25, 0.3) is 0 Å². The Balaban J connectivity index is 2.02. The highest BCUT2D eigenvalue weighted by Gasteiger charge is 2.16. The van der Waals surface area contributed by atoms with E-state index in [0.717, 1.165) is 6.54 Å². The Labute approximate surface area is 82.3 Å². The number of carbonyl (C=O) groups is 1. The van der Waals surface area contributed by atoms with Crippen molar-refractivity contribution in [2.75, 3.05) is 24.6 Å². The van der Waals surface area contributed by atoms with E-state index in [0.29, 0.717) is 5.92 Å². The number of hydrogen-bond acceptors (Lipinski definition) is 4. The average Bonchev–Trinajstić information content (AvgIpc) is 2.56. The molecule has 1 aliphatic heterocycles. The van der Waals surface area contributed by atoms with Crippen molar-refractivity contribution in [1.82, 2.24) is 5.32 Å². The van der Waals surface area contributed by atoms with Gasteiger partial charge < -0.3 is 16.2 Å². The van der Waals surface area contributed by atoms with E-state index in [2.05, 4.69) is 5.32 Å². The topological polar surface area (TPSA) is 75.4 Å². The Morgan fingerprint density at radius 3 is 3.08 bits per heavy atom. The monoisotopic (exact) mass is 204 g/mol. The second-order valence-corrected chi connectivity index (χ2v) is 4.46. The van der Waals surface area contributed by atoms with Crippen LogP contribution in [0.15, 0.2) is 0 Å². The van der Waals surface area contributed by atoms with Crippen molar-refractivity contribution in [2.24, 2.45) is 11.7 Å². The molecular formula is C8H16N2O2S. The third kappa shape index (κ3) is 3.97. The summed E-state index contributed by atoms with van der Waals surface area (Å²) in [6, 6.07) is 0. The van der Waals surface area contributed by atoms with Crippen molar-refractivity contribution in [3.05, 3.63) is 0 Å². The van der Waals surface area contributed by atoms with E-state index >= 15 is 0 Å². The quantitative estimate of drug-likeness (QED) is 0.547. The standard InChI is InChI=1S/C8H16N2O2S/c9-8(12)7(11)4-10-3-6-1-2-13-5-6/h6-7,10-11H,1-5H2,(H2,9,12). The predicted octanol–water partition coefficient (Wildman–Crippen LogP) is -0.825. The molecule has 1 saturated heterocycles. The van der Waals surface area contributed by atoms with Crippen LogP contribution in [0, 0.1) is 5.92 Å². The number of nitrogens with one attached hydrogen (secondary N) is 1. The molecule has 1 heterocycles. The molecule has 1 fully saturated rings. The van der Waals surface area contributed by atoms with Crippen molar-refractivity contribution < 1.29 is 9.90 Å². The molecule has 4 nitrogen and oxygen atoms in total. The number of aliphatic hydroxyl groups is 1. The third-order valence-electron chi connectivity index (χ3n) is 2.12. The van der Waals surface area contributed by atoms with Gasteiger partial charge in [0.05, 0.1) is 0 Å². The van der Waals surface area contributed by atoms with Gasteiger partial charge >= 0.3 is 0 Å². The molecule has 0 aromatic carbocycles. The molecule has 1 amide bonds. The summed E-state index contributed by atoms with van der Waals surface area (Å²) >= 11 is 1.95. The van der Waals surface area contributed by atoms with Gasteiger partial charge in [0.1, 0.15) is 6.10 Å². The van der Waals surface area contributed by atoms with Crippen molar-refractivity contribution in [2.45, 2.75) is 12.5 Å². The van der Waals surface area contributed by atoms with Gasteiger partial charge in [-0.15, -0.1) is 0 Å². The lowest BCUT2D eigenvalue weighted by Crippen LogP contribution is -2.39. The van der Waals surface area contributed by atoms with Crippen molar-refractivity contribution in [3.63, 3.8) is 0 Å². The molecular weight excluding hydrogens is 188 g/mol. The normalized spacial score (nSPS) is 24.5. The van der Waals surface area contributed by atoms with Crippen LogP contribution in [0.5, 0.6) is 0 Å². The molecule has 1 rings (SSSR count). The fourth-order valence-electron chi connectivity index (χ4n) is 1.27. The minimum atomic E-state index is -1.05. The lowest BCUT2D eigenvalue weighted by molar-refractivity contribution is -0.125. The van der Waals surface area contributed by atoms with E-state index in [-0.39, 0.29) is 6.54 Å². The van der Waals surface area contributed by atoms with Gasteiger partial charge in [-0.3, -0.25) is 4.79 Å². The fourth-order valence-corrected chi connectivity index (χ4v) is 2.55. The van der Waals surface area contributed by atoms with Crippen LogP contribution < -0.4 is 11.1 Å². The first-order valence-corrected chi connectivity index (χ1v) is 5.61. The molecule has 0 aromatic heterocycles. The van der Waals surface area contributed by atoms with E-state index in [1.807, 2.05) is 11.8 Å². The number of nitrogens with two attached hydrogens (primary N) is 1. The SMILES string of the molecule is NC(=O)C(O)CNCC1CCSC1. The largest absolute Gasteiger partial charge is 0.382 e. The minimum Gasteiger partial charge on any atom is -0.382 e. The molecule has 1 aliphatic rings. The van der Waals surface area contributed by atoms with E-state index in [9.17, 15) is 4.79 Å². The molecule has 2 atom stereocenters. The molecule has 4 N–H and O–H groups in total. The van der Waals surface area contributed by atoms with Gasteiger partial charge in [0, 0.05) is 6.54 Å². The molecule has 0 aromatic rings. The summed E-state index contributed by atoms with van der Waals surface area (Å²) in [4.78, 5) is 10.5. The maximum absolute atomic E-state index is 10.5. The van der Waals surface area contributed by atoms with Crippen LogP contribution in [0.3, 0.4) is 0 Å². The van der Waals surface area contributed by atoms with E-state index in [4.69, 9.17) is 10.8 Å². The van der Waals surface area contributed by atoms with Crippen LogP contribution in [0.1, 0.15) is 6.42 Å². The fraction of sp³-hybridized carbons (Fsp3) is 0.875. The zero-order valence-corrected chi connectivity index (χ0v) is 8.35. The number of amides is 1. The summed E-state index contributed by atoms with van der Waals surface area (Å²) in [6.45, 7) is 1.15. The second kappa shape index (κ2) is 5.47. The van der Waals surface area contributed by atoms with Crippen LogP contribution in [0.4, 0.5) is 0 Å². The number of hydrogen-bond donors (Lipinski definition) is 3. The molecule has 0 saturated carbocycles. The zero-order valence-electron chi connectivity index (χ0n) is 7.53. The number of thioether (sulfide) groups is 1. The summed E-state index contributed by atoms with van der Waals surface area (Å²) in [5.74, 6) is 2.43. The Bertz CT molecular complexity index is 172. The Morgan fingerprint density at radius 2 is 2.54 bits per heavy atom. The van der Waals surface area contributed by atoms with Crippen LogP contribution in [-0.4, -0.2) is 41.7 Å². The van der Waals surface area contributed by atoms with E-state index in [1.165, 1.54) is 17.9 Å². The van der Waals surface area contributed by atoms with Gasteiger partial charge in [-0.25, -0.2) is 0 Å². The molecule has 0 radical (unpaired) electrons. The number of primary amides is 1. The average molecular weight is 204 g/mol. The smallest absolute Gasteiger partial charge is 0.247 e. The maximum Gasteiger partial charge on any atom is 0.247 e. The van der Waals surface area contributed by atoms with Crippen molar-refractivity contribution >= 4 is 17.7 Å². The second-order valence-electron chi connectivity index (χ2n) is 3.31. The highest BCUT2D eigenvalue weighted by molar-refractivity contribution is 7.99. The first-order valence-electron chi connectivity index (χ1n) is 4.46. The Kier molecular flexibility index (Phi) is 4.55. The van der Waals surface area contributed by atoms with E-state index in [1.54, 1.807) is 0 Å². The van der Waals surface area contributed by atoms with Crippen molar-refractivity contribution in [3.8, 4) is 0 Å². The van der Waals surface area contributed by atoms with Crippen LogP contribution >= 0.6 is 11.8 Å². The van der Waals surface area contributed by atoms with Gasteiger partial charge in [-0.05, 0) is 30.4 Å². The number of carbonyl (C=O) groups excluding carboxylic acids is 1. The lowest BCUT2D eigenvalue weighted by Gasteiger charge is -2.11. The maximum atomic E-state index is 10.5. The molecule has 5 heteroatoms. The highest BCUT2D eigenvalue weighted by Crippen LogP contribution is 2.22. The summed E-state index contributed by atoms with van der Waals surface area (Å²) in [5.41, 5.74) is 4.90. The summed E-state index contributed by atoms with van der Waals surface area (Å²) < 4.78 is 0. The lowest BCUT2D eigenvalue weighted by atomic mass is 10.1. The number of aliphatic hydroxyl groups excluding tert-OH is 1. The molecule has 0 aliphatic carbocycles. The van der Waals surface area contributed by atoms with E-state index < -0.39 is 12.0 Å². The summed E-state index contributed by atoms with van der Waals surface area (Å²) in [7, 11) is 0. The molecule has 13 heavy (non-hydrogen) atoms.